The quantitative estimate of drug-likeness (QED) is 0.750. The molecular formula is C15H14N4O2S. The molecular weight excluding hydrogens is 300 g/mol. The number of methoxy groups -OCH3 is 2. The van der Waals surface area contributed by atoms with Crippen LogP contribution in [0.15, 0.2) is 42.7 Å². The smallest absolute Gasteiger partial charge is 0.200 e. The molecule has 3 rings (SSSR count). The van der Waals surface area contributed by atoms with E-state index >= 15 is 0 Å². The van der Waals surface area contributed by atoms with Crippen LogP contribution in [0, 0.1) is 4.77 Å². The maximum atomic E-state index is 5.46. The van der Waals surface area contributed by atoms with E-state index < -0.39 is 0 Å². The zero-order chi connectivity index (χ0) is 15.5. The van der Waals surface area contributed by atoms with E-state index in [1.165, 1.54) is 0 Å². The highest BCUT2D eigenvalue weighted by atomic mass is 32.1. The molecule has 0 saturated heterocycles. The second-order valence-electron chi connectivity index (χ2n) is 4.46. The lowest BCUT2D eigenvalue weighted by atomic mass is 10.2. The van der Waals surface area contributed by atoms with Crippen molar-refractivity contribution in [2.45, 2.75) is 0 Å². The van der Waals surface area contributed by atoms with Gasteiger partial charge in [0.1, 0.15) is 11.5 Å². The molecule has 1 N–H and O–H groups in total. The normalized spacial score (nSPS) is 10.5. The molecule has 1 aromatic carbocycles. The molecule has 0 aliphatic rings. The molecule has 3 aromatic rings. The van der Waals surface area contributed by atoms with E-state index in [1.54, 1.807) is 32.7 Å². The van der Waals surface area contributed by atoms with Crippen molar-refractivity contribution in [3.05, 3.63) is 47.5 Å². The van der Waals surface area contributed by atoms with E-state index in [4.69, 9.17) is 21.7 Å². The van der Waals surface area contributed by atoms with Crippen molar-refractivity contribution in [2.75, 3.05) is 14.2 Å². The fourth-order valence-electron chi connectivity index (χ4n) is 2.18. The molecule has 0 amide bonds. The number of hydrogen-bond donors (Lipinski definition) is 1. The summed E-state index contributed by atoms with van der Waals surface area (Å²) in [6.07, 6.45) is 3.42. The van der Waals surface area contributed by atoms with Crippen LogP contribution in [0.1, 0.15) is 0 Å². The molecule has 6 nitrogen and oxygen atoms in total. The van der Waals surface area contributed by atoms with Gasteiger partial charge in [-0.25, -0.2) is 0 Å². The molecule has 0 bridgehead atoms. The van der Waals surface area contributed by atoms with Gasteiger partial charge in [-0.1, -0.05) is 0 Å². The van der Waals surface area contributed by atoms with Gasteiger partial charge >= 0.3 is 0 Å². The molecule has 0 spiro atoms. The number of nitrogens with one attached hydrogen (secondary N) is 1. The number of nitrogens with zero attached hydrogens (tertiary/aromatic N) is 3. The molecule has 2 heterocycles. The number of pyridine rings is 1. The average molecular weight is 314 g/mol. The summed E-state index contributed by atoms with van der Waals surface area (Å²) < 4.78 is 13.0. The van der Waals surface area contributed by atoms with Crippen molar-refractivity contribution in [3.63, 3.8) is 0 Å². The largest absolute Gasteiger partial charge is 0.497 e. The minimum absolute atomic E-state index is 0.482. The molecule has 7 heteroatoms. The first-order valence-corrected chi connectivity index (χ1v) is 6.95. The second kappa shape index (κ2) is 5.98. The summed E-state index contributed by atoms with van der Waals surface area (Å²) in [5.41, 5.74) is 1.69. The molecule has 0 atom stereocenters. The molecule has 2 aromatic heterocycles. The third kappa shape index (κ3) is 2.46. The number of H-pyrrole nitrogens is 1. The predicted octanol–water partition coefficient (Wildman–Crippen LogP) is 3.01. The van der Waals surface area contributed by atoms with Crippen molar-refractivity contribution >= 4 is 12.2 Å². The lowest BCUT2D eigenvalue weighted by Gasteiger charge is -2.12. The van der Waals surface area contributed by atoms with Crippen LogP contribution in [0.4, 0.5) is 0 Å². The van der Waals surface area contributed by atoms with E-state index in [9.17, 15) is 0 Å². The Balaban J connectivity index is 2.22. The van der Waals surface area contributed by atoms with Crippen LogP contribution in [0.3, 0.4) is 0 Å². The molecule has 0 fully saturated rings. The monoisotopic (exact) mass is 314 g/mol. The number of hydrogen-bond acceptors (Lipinski definition) is 5. The second-order valence-corrected chi connectivity index (χ2v) is 4.85. The summed E-state index contributed by atoms with van der Waals surface area (Å²) in [7, 11) is 3.22. The Morgan fingerprint density at radius 1 is 1.09 bits per heavy atom. The van der Waals surface area contributed by atoms with Gasteiger partial charge in [-0.2, -0.15) is 5.10 Å². The van der Waals surface area contributed by atoms with E-state index in [-0.39, 0.29) is 0 Å². The van der Waals surface area contributed by atoms with Crippen LogP contribution < -0.4 is 9.47 Å². The first-order valence-electron chi connectivity index (χ1n) is 6.55. The lowest BCUT2D eigenvalue weighted by Crippen LogP contribution is -2.01. The summed E-state index contributed by atoms with van der Waals surface area (Å²) in [4.78, 5) is 4.02. The van der Waals surface area contributed by atoms with Crippen LogP contribution in [0.2, 0.25) is 0 Å². The van der Waals surface area contributed by atoms with Crippen molar-refractivity contribution in [1.29, 1.82) is 0 Å². The molecule has 22 heavy (non-hydrogen) atoms. The van der Waals surface area contributed by atoms with Crippen LogP contribution in [-0.4, -0.2) is 34.0 Å². The van der Waals surface area contributed by atoms with Gasteiger partial charge < -0.3 is 9.47 Å². The third-order valence-electron chi connectivity index (χ3n) is 3.24. The highest BCUT2D eigenvalue weighted by Gasteiger charge is 2.15. The Hall–Kier alpha value is -2.67. The fraction of sp³-hybridized carbons (Fsp3) is 0.133. The number of aromatic amines is 1. The van der Waals surface area contributed by atoms with Gasteiger partial charge in [0, 0.05) is 24.0 Å². The Bertz CT molecular complexity index is 842. The van der Waals surface area contributed by atoms with Crippen molar-refractivity contribution in [3.8, 4) is 28.6 Å². The molecule has 112 valence electrons. The van der Waals surface area contributed by atoms with E-state index in [2.05, 4.69) is 15.2 Å². The molecule has 0 saturated carbocycles. The lowest BCUT2D eigenvalue weighted by molar-refractivity contribution is 0.393. The van der Waals surface area contributed by atoms with E-state index in [1.807, 2.05) is 28.8 Å². The Labute approximate surface area is 132 Å². The van der Waals surface area contributed by atoms with Gasteiger partial charge in [0.25, 0.3) is 0 Å². The topological polar surface area (TPSA) is 65.0 Å². The zero-order valence-corrected chi connectivity index (χ0v) is 12.9. The number of aromatic nitrogens is 4. The maximum absolute atomic E-state index is 5.46. The van der Waals surface area contributed by atoms with Crippen LogP contribution in [0.5, 0.6) is 11.5 Å². The Morgan fingerprint density at radius 3 is 2.55 bits per heavy atom. The molecule has 0 radical (unpaired) electrons. The predicted molar refractivity (Wildman–Crippen MR) is 85.1 cm³/mol. The third-order valence-corrected chi connectivity index (χ3v) is 3.51. The summed E-state index contributed by atoms with van der Waals surface area (Å²) in [5, 5.41) is 7.13. The van der Waals surface area contributed by atoms with E-state index in [0.29, 0.717) is 22.1 Å². The van der Waals surface area contributed by atoms with E-state index in [0.717, 1.165) is 11.3 Å². The van der Waals surface area contributed by atoms with Crippen LogP contribution in [0.25, 0.3) is 17.1 Å². The van der Waals surface area contributed by atoms with Gasteiger partial charge in [0.15, 0.2) is 10.6 Å². The molecule has 0 unspecified atom stereocenters. The first kappa shape index (κ1) is 14.3. The number of benzene rings is 1. The maximum Gasteiger partial charge on any atom is 0.200 e. The van der Waals surface area contributed by atoms with Crippen LogP contribution in [-0.2, 0) is 0 Å². The molecule has 0 aliphatic heterocycles. The van der Waals surface area contributed by atoms with Crippen molar-refractivity contribution in [1.82, 2.24) is 19.7 Å². The van der Waals surface area contributed by atoms with Gasteiger partial charge in [-0.15, -0.1) is 0 Å². The summed E-state index contributed by atoms with van der Waals surface area (Å²) >= 11 is 5.37. The SMILES string of the molecule is COc1ccc(-n2c(-c3ccncc3)n[nH]c2=S)c(OC)c1. The Kier molecular flexibility index (Phi) is 3.88. The van der Waals surface area contributed by atoms with Gasteiger partial charge in [-0.3, -0.25) is 14.6 Å². The van der Waals surface area contributed by atoms with Gasteiger partial charge in [0.05, 0.1) is 19.9 Å². The highest BCUT2D eigenvalue weighted by molar-refractivity contribution is 7.71. The average Bonchev–Trinajstić information content (AvgIpc) is 2.96. The summed E-state index contributed by atoms with van der Waals surface area (Å²) in [6.45, 7) is 0. The zero-order valence-electron chi connectivity index (χ0n) is 12.1. The Morgan fingerprint density at radius 2 is 1.86 bits per heavy atom. The van der Waals surface area contributed by atoms with Gasteiger partial charge in [0.2, 0.25) is 0 Å². The van der Waals surface area contributed by atoms with Crippen molar-refractivity contribution in [2.24, 2.45) is 0 Å². The minimum Gasteiger partial charge on any atom is -0.497 e. The number of ether oxygens (including phenoxy) is 2. The first-order chi connectivity index (χ1) is 10.7. The van der Waals surface area contributed by atoms with Crippen molar-refractivity contribution < 1.29 is 9.47 Å². The summed E-state index contributed by atoms with van der Waals surface area (Å²) in [5.74, 6) is 2.05. The van der Waals surface area contributed by atoms with Gasteiger partial charge in [-0.05, 0) is 36.5 Å². The highest BCUT2D eigenvalue weighted by Crippen LogP contribution is 2.31. The number of rotatable bonds is 4. The summed E-state index contributed by atoms with van der Waals surface area (Å²) in [6, 6.07) is 9.28. The fourth-order valence-corrected chi connectivity index (χ4v) is 2.42. The molecule has 0 aliphatic carbocycles. The van der Waals surface area contributed by atoms with Crippen LogP contribution >= 0.6 is 12.2 Å². The minimum atomic E-state index is 0.482. The standard InChI is InChI=1S/C15H14N4O2S/c1-20-11-3-4-12(13(9-11)21-2)19-14(17-18-15(19)22)10-5-7-16-8-6-10/h3-9H,1-2H3,(H,18,22).